The van der Waals surface area contributed by atoms with Crippen molar-refractivity contribution in [2.24, 2.45) is 23.7 Å². The first-order valence-electron chi connectivity index (χ1n) is 13.4. The van der Waals surface area contributed by atoms with Crippen LogP contribution in [0.3, 0.4) is 0 Å². The van der Waals surface area contributed by atoms with Crippen molar-refractivity contribution in [3.63, 3.8) is 0 Å². The van der Waals surface area contributed by atoms with Gasteiger partial charge in [-0.1, -0.05) is 0 Å². The van der Waals surface area contributed by atoms with E-state index in [0.717, 1.165) is 6.20 Å². The Balaban J connectivity index is 0.000000259. The van der Waals surface area contributed by atoms with Crippen LogP contribution >= 0.6 is 0 Å². The molecule has 2 aliphatic rings. The molecule has 2 aliphatic carbocycles. The van der Waals surface area contributed by atoms with Crippen LogP contribution in [0.1, 0.15) is 46.7 Å². The number of ether oxygens (including phenoxy) is 5. The zero-order chi connectivity index (χ0) is 33.9. The Bertz CT molecular complexity index is 1260. The van der Waals surface area contributed by atoms with E-state index in [1.54, 1.807) is 0 Å². The maximum atomic E-state index is 12.4. The number of hydrogen-bond donors (Lipinski definition) is 2. The van der Waals surface area contributed by atoms with Crippen molar-refractivity contribution in [2.75, 3.05) is 41.7 Å². The van der Waals surface area contributed by atoms with Gasteiger partial charge >= 0.3 is 24.3 Å². The van der Waals surface area contributed by atoms with Gasteiger partial charge in [0.05, 0.1) is 59.3 Å². The van der Waals surface area contributed by atoms with Gasteiger partial charge in [0.15, 0.2) is 34.4 Å². The average molecular weight is 657 g/mol. The highest BCUT2D eigenvalue weighted by Gasteiger charge is 2.48. The highest BCUT2D eigenvalue weighted by atomic mass is 19.4. The van der Waals surface area contributed by atoms with E-state index in [9.17, 15) is 35.9 Å². The smallest absolute Gasteiger partial charge is 0.391 e. The number of esters is 2. The summed E-state index contributed by atoms with van der Waals surface area (Å²) in [6, 6.07) is 2.67. The molecule has 0 bridgehead atoms. The number of methoxy groups -OCH3 is 4. The standard InChI is InChI=1S/C14H16F3NO4.C8H9NO4.C6H9F3O/c1-20-11-5-10(13(19)21-2)18-6-12(11)22-7-8-3-9(4-8)14(15,16)17;1-12-7-3-5(8(11)13-2)9-4-6(7)10;7-6(8,9)5-1-4(2-5)3-10/h5-6,8-9H,3-4,7H2,1-2H3;3-4,10H,1-2H3;4-5,10H,1-3H2. The lowest BCUT2D eigenvalue weighted by atomic mass is 9.75. The molecule has 0 atom stereocenters. The van der Waals surface area contributed by atoms with Gasteiger partial charge < -0.3 is 33.9 Å². The van der Waals surface area contributed by atoms with Crippen molar-refractivity contribution in [3.05, 3.63) is 35.9 Å². The Morgan fingerprint density at radius 2 is 1.20 bits per heavy atom. The average Bonchev–Trinajstić information content (AvgIpc) is 2.94. The summed E-state index contributed by atoms with van der Waals surface area (Å²) in [6.45, 7) is 0.0504. The molecule has 2 aromatic rings. The molecule has 2 N–H and O–H groups in total. The first-order chi connectivity index (χ1) is 21.1. The summed E-state index contributed by atoms with van der Waals surface area (Å²) < 4.78 is 96.7. The maximum Gasteiger partial charge on any atom is 0.391 e. The van der Waals surface area contributed by atoms with Crippen molar-refractivity contribution in [3.8, 4) is 23.0 Å². The predicted molar refractivity (Wildman–Crippen MR) is 143 cm³/mol. The number of rotatable bonds is 8. The van der Waals surface area contributed by atoms with Gasteiger partial charge in [0.2, 0.25) is 0 Å². The fourth-order valence-corrected chi connectivity index (χ4v) is 4.22. The molecule has 0 amide bonds. The number of carbonyl (C=O) groups is 2. The minimum absolute atomic E-state index is 0.0625. The molecule has 0 unspecified atom stereocenters. The van der Waals surface area contributed by atoms with Crippen molar-refractivity contribution in [2.45, 2.75) is 38.0 Å². The SMILES string of the molecule is COC(=O)c1cc(OC)c(O)cn1.COC(=O)c1cc(OC)c(OCC2CC(C(F)(F)F)C2)cn1.OCC1CC(C(F)(F)F)C1. The molecule has 252 valence electrons. The fourth-order valence-electron chi connectivity index (χ4n) is 4.22. The molecule has 45 heavy (non-hydrogen) atoms. The van der Waals surface area contributed by atoms with Crippen LogP contribution < -0.4 is 14.2 Å². The summed E-state index contributed by atoms with van der Waals surface area (Å²) in [5.74, 6) is -3.18. The Morgan fingerprint density at radius 3 is 1.62 bits per heavy atom. The van der Waals surface area contributed by atoms with Crippen LogP contribution in [0.5, 0.6) is 23.0 Å². The lowest BCUT2D eigenvalue weighted by Gasteiger charge is -2.36. The third kappa shape index (κ3) is 10.8. The molecule has 11 nitrogen and oxygen atoms in total. The Kier molecular flexibility index (Phi) is 13.5. The molecule has 2 aromatic heterocycles. The lowest BCUT2D eigenvalue weighted by molar-refractivity contribution is -0.207. The van der Waals surface area contributed by atoms with E-state index in [2.05, 4.69) is 19.4 Å². The van der Waals surface area contributed by atoms with Gasteiger partial charge in [0, 0.05) is 18.7 Å². The molecule has 0 saturated heterocycles. The topological polar surface area (TPSA) is 147 Å². The van der Waals surface area contributed by atoms with Gasteiger partial charge in [-0.15, -0.1) is 0 Å². The minimum atomic E-state index is -4.13. The highest BCUT2D eigenvalue weighted by Crippen LogP contribution is 2.45. The lowest BCUT2D eigenvalue weighted by Crippen LogP contribution is -2.38. The van der Waals surface area contributed by atoms with Crippen LogP contribution in [-0.2, 0) is 9.47 Å². The van der Waals surface area contributed by atoms with E-state index in [0.29, 0.717) is 0 Å². The van der Waals surface area contributed by atoms with Crippen LogP contribution in [0.2, 0.25) is 0 Å². The monoisotopic (exact) mass is 656 g/mol. The highest BCUT2D eigenvalue weighted by molar-refractivity contribution is 5.88. The number of alkyl halides is 6. The Hall–Kier alpha value is -4.02. The number of nitrogens with zero attached hydrogens (tertiary/aromatic N) is 2. The van der Waals surface area contributed by atoms with Crippen LogP contribution in [0.25, 0.3) is 0 Å². The number of aliphatic hydroxyl groups excluding tert-OH is 1. The first-order valence-corrected chi connectivity index (χ1v) is 13.4. The van der Waals surface area contributed by atoms with Gasteiger partial charge in [-0.05, 0) is 37.5 Å². The third-order valence-corrected chi connectivity index (χ3v) is 7.04. The summed E-state index contributed by atoms with van der Waals surface area (Å²) in [6.07, 6.45) is -5.38. The first kappa shape index (κ1) is 37.2. The molecule has 2 heterocycles. The quantitative estimate of drug-likeness (QED) is 0.293. The van der Waals surface area contributed by atoms with Crippen LogP contribution in [-0.4, -0.2) is 86.1 Å². The summed E-state index contributed by atoms with van der Waals surface area (Å²) in [5.41, 5.74) is 0.157. The number of hydrogen-bond acceptors (Lipinski definition) is 11. The zero-order valence-electron chi connectivity index (χ0n) is 24.8. The van der Waals surface area contributed by atoms with Crippen molar-refractivity contribution in [1.82, 2.24) is 9.97 Å². The second-order valence-electron chi connectivity index (χ2n) is 10.1. The van der Waals surface area contributed by atoms with E-state index >= 15 is 0 Å². The predicted octanol–water partition coefficient (Wildman–Crippen LogP) is 4.99. The maximum absolute atomic E-state index is 12.4. The van der Waals surface area contributed by atoms with Gasteiger partial charge in [-0.3, -0.25) is 0 Å². The van der Waals surface area contributed by atoms with E-state index in [1.165, 1.54) is 46.8 Å². The van der Waals surface area contributed by atoms with E-state index in [-0.39, 0.29) is 85.1 Å². The molecular formula is C28H34F6N2O9. The zero-order valence-corrected chi connectivity index (χ0v) is 24.8. The number of aliphatic hydroxyl groups is 1. The van der Waals surface area contributed by atoms with Crippen molar-refractivity contribution < 1.29 is 69.8 Å². The van der Waals surface area contributed by atoms with E-state index in [1.807, 2.05) is 0 Å². The van der Waals surface area contributed by atoms with Crippen molar-refractivity contribution in [1.29, 1.82) is 0 Å². The molecule has 17 heteroatoms. The number of aromatic nitrogens is 2. The van der Waals surface area contributed by atoms with Gasteiger partial charge in [0.25, 0.3) is 0 Å². The number of carbonyl (C=O) groups excluding carboxylic acids is 2. The van der Waals surface area contributed by atoms with E-state index in [4.69, 9.17) is 24.4 Å². The van der Waals surface area contributed by atoms with E-state index < -0.39 is 36.1 Å². The molecule has 2 fully saturated rings. The molecule has 2 saturated carbocycles. The second-order valence-corrected chi connectivity index (χ2v) is 10.1. The number of halogens is 6. The normalized spacial score (nSPS) is 20.4. The summed E-state index contributed by atoms with van der Waals surface area (Å²) in [5, 5.41) is 17.6. The Labute approximate surface area is 254 Å². The Morgan fingerprint density at radius 1 is 0.756 bits per heavy atom. The summed E-state index contributed by atoms with van der Waals surface area (Å²) in [7, 11) is 5.26. The minimum Gasteiger partial charge on any atom is -0.503 e. The number of aromatic hydroxyl groups is 1. The molecule has 0 radical (unpaired) electrons. The number of pyridine rings is 2. The van der Waals surface area contributed by atoms with Gasteiger partial charge in [-0.2, -0.15) is 26.3 Å². The van der Waals surface area contributed by atoms with Crippen LogP contribution in [0.4, 0.5) is 26.3 Å². The molecular weight excluding hydrogens is 622 g/mol. The molecule has 0 aromatic carbocycles. The van der Waals surface area contributed by atoms with Crippen LogP contribution in [0, 0.1) is 23.7 Å². The molecule has 4 rings (SSSR count). The largest absolute Gasteiger partial charge is 0.503 e. The third-order valence-electron chi connectivity index (χ3n) is 7.04. The van der Waals surface area contributed by atoms with Gasteiger partial charge in [-0.25, -0.2) is 19.6 Å². The van der Waals surface area contributed by atoms with Gasteiger partial charge in [0.1, 0.15) is 0 Å². The molecule has 0 aliphatic heterocycles. The fraction of sp³-hybridized carbons (Fsp3) is 0.571. The van der Waals surface area contributed by atoms with Crippen LogP contribution in [0.15, 0.2) is 24.5 Å². The second kappa shape index (κ2) is 16.3. The summed E-state index contributed by atoms with van der Waals surface area (Å²) in [4.78, 5) is 29.9. The molecule has 0 spiro atoms. The summed E-state index contributed by atoms with van der Waals surface area (Å²) >= 11 is 0. The van der Waals surface area contributed by atoms with Crippen molar-refractivity contribution >= 4 is 11.9 Å².